The van der Waals surface area contributed by atoms with E-state index in [0.717, 1.165) is 5.75 Å². The number of anilines is 1. The van der Waals surface area contributed by atoms with Crippen LogP contribution in [0, 0.1) is 5.82 Å². The highest BCUT2D eigenvalue weighted by molar-refractivity contribution is 5.97. The first-order valence-electron chi connectivity index (χ1n) is 8.07. The van der Waals surface area contributed by atoms with E-state index in [9.17, 15) is 14.0 Å². The molecule has 0 aliphatic heterocycles. The summed E-state index contributed by atoms with van der Waals surface area (Å²) >= 11 is 0. The van der Waals surface area contributed by atoms with Crippen molar-refractivity contribution in [1.29, 1.82) is 0 Å². The molecule has 0 unspecified atom stereocenters. The van der Waals surface area contributed by atoms with Crippen LogP contribution in [-0.4, -0.2) is 38.6 Å². The van der Waals surface area contributed by atoms with Crippen molar-refractivity contribution in [2.24, 2.45) is 0 Å². The van der Waals surface area contributed by atoms with E-state index in [1.165, 1.54) is 36.1 Å². The van der Waals surface area contributed by atoms with Gasteiger partial charge in [0.15, 0.2) is 0 Å². The summed E-state index contributed by atoms with van der Waals surface area (Å²) in [5, 5.41) is 2.69. The van der Waals surface area contributed by atoms with Crippen LogP contribution in [0.25, 0.3) is 0 Å². The van der Waals surface area contributed by atoms with E-state index in [4.69, 9.17) is 9.47 Å². The van der Waals surface area contributed by atoms with Crippen LogP contribution in [-0.2, 0) is 9.59 Å². The number of carbonyl (C=O) groups excluding carboxylic acids is 2. The van der Waals surface area contributed by atoms with Crippen molar-refractivity contribution in [3.63, 3.8) is 0 Å². The molecule has 2 aromatic rings. The minimum absolute atomic E-state index is 0.149. The fourth-order valence-electron chi connectivity index (χ4n) is 2.24. The zero-order chi connectivity index (χ0) is 18.9. The first-order chi connectivity index (χ1) is 12.5. The van der Waals surface area contributed by atoms with Crippen LogP contribution < -0.4 is 19.7 Å². The number of amides is 2. The van der Waals surface area contributed by atoms with Gasteiger partial charge < -0.3 is 19.7 Å². The molecule has 2 amide bonds. The standard InChI is InChI=1S/C19H21FN2O4/c1-14(23)22(16-5-3-15(20)4-6-16)13-19(24)21-11-12-26-18-9-7-17(25-2)8-10-18/h3-10H,11-13H2,1-2H3,(H,21,24). The molecule has 0 atom stereocenters. The average Bonchev–Trinajstić information content (AvgIpc) is 2.64. The SMILES string of the molecule is COc1ccc(OCCNC(=O)CN(C(C)=O)c2ccc(F)cc2)cc1. The number of nitrogens with one attached hydrogen (secondary N) is 1. The molecule has 0 aliphatic rings. The molecule has 2 aromatic carbocycles. The second kappa shape index (κ2) is 9.41. The van der Waals surface area contributed by atoms with E-state index in [1.54, 1.807) is 31.4 Å². The molecule has 0 radical (unpaired) electrons. The average molecular weight is 360 g/mol. The highest BCUT2D eigenvalue weighted by Crippen LogP contribution is 2.17. The number of methoxy groups -OCH3 is 1. The smallest absolute Gasteiger partial charge is 0.240 e. The van der Waals surface area contributed by atoms with Crippen molar-refractivity contribution < 1.29 is 23.5 Å². The monoisotopic (exact) mass is 360 g/mol. The van der Waals surface area contributed by atoms with E-state index in [0.29, 0.717) is 18.0 Å². The number of nitrogens with zero attached hydrogens (tertiary/aromatic N) is 1. The lowest BCUT2D eigenvalue weighted by atomic mass is 10.2. The van der Waals surface area contributed by atoms with Gasteiger partial charge in [-0.3, -0.25) is 9.59 Å². The van der Waals surface area contributed by atoms with Crippen molar-refractivity contribution in [2.75, 3.05) is 31.7 Å². The zero-order valence-corrected chi connectivity index (χ0v) is 14.7. The van der Waals surface area contributed by atoms with Gasteiger partial charge in [0.2, 0.25) is 11.8 Å². The molecule has 0 heterocycles. The first-order valence-corrected chi connectivity index (χ1v) is 8.07. The molecular formula is C19H21FN2O4. The Balaban J connectivity index is 1.78. The summed E-state index contributed by atoms with van der Waals surface area (Å²) in [6.07, 6.45) is 0. The van der Waals surface area contributed by atoms with E-state index in [2.05, 4.69) is 5.32 Å². The summed E-state index contributed by atoms with van der Waals surface area (Å²) in [5.74, 6) is 0.356. The molecular weight excluding hydrogens is 339 g/mol. The van der Waals surface area contributed by atoms with Crippen LogP contribution in [0.5, 0.6) is 11.5 Å². The number of carbonyl (C=O) groups is 2. The molecule has 1 N–H and O–H groups in total. The molecule has 0 aromatic heterocycles. The van der Waals surface area contributed by atoms with E-state index < -0.39 is 5.82 Å². The van der Waals surface area contributed by atoms with Crippen LogP contribution >= 0.6 is 0 Å². The predicted octanol–water partition coefficient (Wildman–Crippen LogP) is 2.38. The lowest BCUT2D eigenvalue weighted by Crippen LogP contribution is -2.41. The van der Waals surface area contributed by atoms with Crippen LogP contribution in [0.15, 0.2) is 48.5 Å². The summed E-state index contributed by atoms with van der Waals surface area (Å²) in [6.45, 7) is 1.78. The van der Waals surface area contributed by atoms with Gasteiger partial charge in [0.1, 0.15) is 30.5 Å². The van der Waals surface area contributed by atoms with E-state index >= 15 is 0 Å². The molecule has 0 fully saturated rings. The fraction of sp³-hybridized carbons (Fsp3) is 0.263. The Hall–Kier alpha value is -3.09. The Morgan fingerprint density at radius 1 is 1.04 bits per heavy atom. The van der Waals surface area contributed by atoms with Gasteiger partial charge in [-0.2, -0.15) is 0 Å². The maximum absolute atomic E-state index is 13.0. The van der Waals surface area contributed by atoms with Gasteiger partial charge in [-0.1, -0.05) is 0 Å². The van der Waals surface area contributed by atoms with Crippen LogP contribution in [0.3, 0.4) is 0 Å². The third-order valence-electron chi connectivity index (χ3n) is 3.57. The quantitative estimate of drug-likeness (QED) is 0.734. The van der Waals surface area contributed by atoms with Gasteiger partial charge in [-0.25, -0.2) is 4.39 Å². The molecule has 0 bridgehead atoms. The Kier molecular flexibility index (Phi) is 6.96. The van der Waals surface area contributed by atoms with Gasteiger partial charge in [-0.05, 0) is 48.5 Å². The second-order valence-electron chi connectivity index (χ2n) is 5.46. The number of rotatable bonds is 8. The Bertz CT molecular complexity index is 732. The summed E-state index contributed by atoms with van der Waals surface area (Å²) in [4.78, 5) is 25.1. The molecule has 0 aliphatic carbocycles. The molecule has 26 heavy (non-hydrogen) atoms. The lowest BCUT2D eigenvalue weighted by molar-refractivity contribution is -0.123. The van der Waals surface area contributed by atoms with Gasteiger partial charge >= 0.3 is 0 Å². The van der Waals surface area contributed by atoms with Crippen molar-refractivity contribution >= 4 is 17.5 Å². The Labute approximate surface area is 151 Å². The normalized spacial score (nSPS) is 10.1. The minimum Gasteiger partial charge on any atom is -0.497 e. The maximum atomic E-state index is 13.0. The highest BCUT2D eigenvalue weighted by Gasteiger charge is 2.15. The van der Waals surface area contributed by atoms with Crippen LogP contribution in [0.1, 0.15) is 6.92 Å². The number of ether oxygens (including phenoxy) is 2. The number of benzene rings is 2. The number of hydrogen-bond donors (Lipinski definition) is 1. The molecule has 0 saturated heterocycles. The van der Waals surface area contributed by atoms with Crippen LogP contribution in [0.2, 0.25) is 0 Å². The molecule has 7 heteroatoms. The molecule has 0 spiro atoms. The largest absolute Gasteiger partial charge is 0.497 e. The highest BCUT2D eigenvalue weighted by atomic mass is 19.1. The number of hydrogen-bond acceptors (Lipinski definition) is 4. The van der Waals surface area contributed by atoms with Crippen LogP contribution in [0.4, 0.5) is 10.1 Å². The predicted molar refractivity (Wildman–Crippen MR) is 95.9 cm³/mol. The van der Waals surface area contributed by atoms with Gasteiger partial charge in [0.05, 0.1) is 13.7 Å². The lowest BCUT2D eigenvalue weighted by Gasteiger charge is -2.20. The molecule has 6 nitrogen and oxygen atoms in total. The zero-order valence-electron chi connectivity index (χ0n) is 14.7. The molecule has 138 valence electrons. The molecule has 2 rings (SSSR count). The Morgan fingerprint density at radius 3 is 2.23 bits per heavy atom. The van der Waals surface area contributed by atoms with Gasteiger partial charge in [0.25, 0.3) is 0 Å². The summed E-state index contributed by atoms with van der Waals surface area (Å²) in [5.41, 5.74) is 0.462. The Morgan fingerprint density at radius 2 is 1.65 bits per heavy atom. The van der Waals surface area contributed by atoms with Crippen molar-refractivity contribution in [3.8, 4) is 11.5 Å². The first kappa shape index (κ1) is 19.2. The van der Waals surface area contributed by atoms with E-state index in [1.807, 2.05) is 0 Å². The maximum Gasteiger partial charge on any atom is 0.240 e. The summed E-state index contributed by atoms with van der Waals surface area (Å²) < 4.78 is 23.6. The molecule has 0 saturated carbocycles. The van der Waals surface area contributed by atoms with Gasteiger partial charge in [0, 0.05) is 12.6 Å². The number of halogens is 1. The second-order valence-corrected chi connectivity index (χ2v) is 5.46. The topological polar surface area (TPSA) is 67.9 Å². The minimum atomic E-state index is -0.405. The van der Waals surface area contributed by atoms with E-state index in [-0.39, 0.29) is 25.0 Å². The summed E-state index contributed by atoms with van der Waals surface area (Å²) in [6, 6.07) is 12.5. The van der Waals surface area contributed by atoms with Crippen molar-refractivity contribution in [2.45, 2.75) is 6.92 Å². The van der Waals surface area contributed by atoms with Gasteiger partial charge in [-0.15, -0.1) is 0 Å². The van der Waals surface area contributed by atoms with Crippen molar-refractivity contribution in [3.05, 3.63) is 54.3 Å². The third kappa shape index (κ3) is 5.77. The summed E-state index contributed by atoms with van der Waals surface area (Å²) in [7, 11) is 1.58. The third-order valence-corrected chi connectivity index (χ3v) is 3.57. The van der Waals surface area contributed by atoms with Crippen molar-refractivity contribution in [1.82, 2.24) is 5.32 Å². The fourth-order valence-corrected chi connectivity index (χ4v) is 2.24.